The molecular weight excluding hydrogens is 215 g/mol. The molecule has 0 saturated carbocycles. The molecule has 0 saturated heterocycles. The SMILES string of the molecule is C=C(Oc1ccccc1)[PH2+]c1ccccc1. The maximum Gasteiger partial charge on any atom is 0.238 e. The summed E-state index contributed by atoms with van der Waals surface area (Å²) in [4.78, 5) is 0. The first-order chi connectivity index (χ1) is 7.84. The van der Waals surface area contributed by atoms with Crippen molar-refractivity contribution < 1.29 is 4.74 Å². The number of para-hydroxylation sites is 1. The Morgan fingerprint density at radius 3 is 2.06 bits per heavy atom. The molecule has 0 radical (unpaired) electrons. The molecule has 0 aliphatic rings. The van der Waals surface area contributed by atoms with Crippen LogP contribution in [0.1, 0.15) is 0 Å². The molecule has 0 aromatic heterocycles. The standard InChI is InChI=1S/C14H13OP/c1-12(15-13-8-4-2-5-9-13)16-14-10-6-3-7-11-14/h2-11,16H,1H2/p+1. The molecule has 16 heavy (non-hydrogen) atoms. The van der Waals surface area contributed by atoms with Crippen LogP contribution in [0, 0.1) is 0 Å². The second-order valence-electron chi connectivity index (χ2n) is 3.44. The van der Waals surface area contributed by atoms with E-state index in [1.54, 1.807) is 0 Å². The van der Waals surface area contributed by atoms with Crippen LogP contribution in [-0.2, 0) is 0 Å². The summed E-state index contributed by atoms with van der Waals surface area (Å²) in [6.07, 6.45) is 0. The van der Waals surface area contributed by atoms with Gasteiger partial charge in [-0.3, -0.25) is 0 Å². The van der Waals surface area contributed by atoms with Crippen molar-refractivity contribution in [3.05, 3.63) is 72.7 Å². The Bertz CT molecular complexity index is 407. The highest BCUT2D eigenvalue weighted by Crippen LogP contribution is 2.24. The second-order valence-corrected chi connectivity index (χ2v) is 5.04. The highest BCUT2D eigenvalue weighted by molar-refractivity contribution is 7.51. The number of hydrogen-bond donors (Lipinski definition) is 0. The predicted molar refractivity (Wildman–Crippen MR) is 72.0 cm³/mol. The van der Waals surface area contributed by atoms with Gasteiger partial charge >= 0.3 is 0 Å². The first kappa shape index (κ1) is 10.9. The molecule has 2 heteroatoms. The van der Waals surface area contributed by atoms with Crippen molar-refractivity contribution in [2.45, 2.75) is 0 Å². The summed E-state index contributed by atoms with van der Waals surface area (Å²) in [6.45, 7) is 3.96. The molecule has 0 fully saturated rings. The number of hydrogen-bond acceptors (Lipinski definition) is 1. The van der Waals surface area contributed by atoms with Crippen molar-refractivity contribution in [3.63, 3.8) is 0 Å². The van der Waals surface area contributed by atoms with E-state index in [9.17, 15) is 0 Å². The van der Waals surface area contributed by atoms with E-state index in [1.807, 2.05) is 48.5 Å². The van der Waals surface area contributed by atoms with Crippen molar-refractivity contribution in [2.75, 3.05) is 0 Å². The smallest absolute Gasteiger partial charge is 0.238 e. The Kier molecular flexibility index (Phi) is 3.74. The second kappa shape index (κ2) is 5.48. The van der Waals surface area contributed by atoms with Crippen molar-refractivity contribution in [2.24, 2.45) is 0 Å². The van der Waals surface area contributed by atoms with Crippen LogP contribution in [0.25, 0.3) is 0 Å². The predicted octanol–water partition coefficient (Wildman–Crippen LogP) is 3.27. The monoisotopic (exact) mass is 229 g/mol. The van der Waals surface area contributed by atoms with Gasteiger partial charge in [0.25, 0.3) is 0 Å². The van der Waals surface area contributed by atoms with Crippen LogP contribution in [0.5, 0.6) is 5.75 Å². The van der Waals surface area contributed by atoms with Gasteiger partial charge in [-0.2, -0.15) is 0 Å². The Morgan fingerprint density at radius 1 is 0.875 bits per heavy atom. The molecule has 0 heterocycles. The lowest BCUT2D eigenvalue weighted by Crippen LogP contribution is -1.96. The fourth-order valence-corrected chi connectivity index (χ4v) is 2.39. The molecule has 80 valence electrons. The topological polar surface area (TPSA) is 9.23 Å². The maximum absolute atomic E-state index is 5.66. The van der Waals surface area contributed by atoms with Gasteiger partial charge in [0.2, 0.25) is 5.50 Å². The minimum Gasteiger partial charge on any atom is -0.427 e. The van der Waals surface area contributed by atoms with Crippen molar-refractivity contribution >= 4 is 13.9 Å². The highest BCUT2D eigenvalue weighted by Gasteiger charge is 2.06. The van der Waals surface area contributed by atoms with E-state index in [0.29, 0.717) is 0 Å². The van der Waals surface area contributed by atoms with Crippen LogP contribution in [0.2, 0.25) is 0 Å². The van der Waals surface area contributed by atoms with Gasteiger partial charge in [0.1, 0.15) is 5.75 Å². The molecule has 1 unspecified atom stereocenters. The van der Waals surface area contributed by atoms with E-state index in [4.69, 9.17) is 4.74 Å². The summed E-state index contributed by atoms with van der Waals surface area (Å²) in [5.41, 5.74) is 0.845. The third-order valence-electron chi connectivity index (χ3n) is 2.12. The van der Waals surface area contributed by atoms with Gasteiger partial charge in [-0.05, 0) is 30.8 Å². The molecule has 0 amide bonds. The molecule has 0 N–H and O–H groups in total. The minimum absolute atomic E-state index is 0.0302. The summed E-state index contributed by atoms with van der Waals surface area (Å²) >= 11 is 0. The molecule has 0 spiro atoms. The van der Waals surface area contributed by atoms with Gasteiger partial charge in [0.15, 0.2) is 0 Å². The molecule has 0 bridgehead atoms. The Balaban J connectivity index is 1.95. The normalized spacial score (nSPS) is 10.5. The van der Waals surface area contributed by atoms with Gasteiger partial charge in [-0.15, -0.1) is 0 Å². The van der Waals surface area contributed by atoms with Crippen LogP contribution in [0.15, 0.2) is 72.7 Å². The number of ether oxygens (including phenoxy) is 1. The Hall–Kier alpha value is -1.59. The molecule has 2 aromatic rings. The van der Waals surface area contributed by atoms with Crippen LogP contribution in [-0.4, -0.2) is 0 Å². The zero-order chi connectivity index (χ0) is 11.2. The van der Waals surface area contributed by atoms with Gasteiger partial charge in [0, 0.05) is 0 Å². The van der Waals surface area contributed by atoms with Gasteiger partial charge in [0.05, 0.1) is 13.9 Å². The quantitative estimate of drug-likeness (QED) is 0.577. The Labute approximate surface area is 97.6 Å². The fraction of sp³-hybridized carbons (Fsp3) is 0. The van der Waals surface area contributed by atoms with Crippen molar-refractivity contribution in [3.8, 4) is 5.75 Å². The van der Waals surface area contributed by atoms with Gasteiger partial charge in [-0.25, -0.2) is 0 Å². The summed E-state index contributed by atoms with van der Waals surface area (Å²) in [5, 5.41) is 1.29. The van der Waals surface area contributed by atoms with Gasteiger partial charge < -0.3 is 4.74 Å². The molecule has 0 aliphatic carbocycles. The van der Waals surface area contributed by atoms with Crippen LogP contribution in [0.4, 0.5) is 0 Å². The third kappa shape index (κ3) is 3.22. The van der Waals surface area contributed by atoms with Gasteiger partial charge in [-0.1, -0.05) is 36.4 Å². The van der Waals surface area contributed by atoms with Crippen LogP contribution >= 0.6 is 8.58 Å². The molecule has 2 aromatic carbocycles. The molecule has 1 nitrogen and oxygen atoms in total. The maximum atomic E-state index is 5.66. The zero-order valence-electron chi connectivity index (χ0n) is 8.97. The lowest BCUT2D eigenvalue weighted by atomic mass is 10.3. The summed E-state index contributed by atoms with van der Waals surface area (Å²) < 4.78 is 5.66. The summed E-state index contributed by atoms with van der Waals surface area (Å²) in [5.74, 6) is 0.857. The first-order valence-electron chi connectivity index (χ1n) is 5.16. The molecular formula is C14H14OP+. The number of benzene rings is 2. The molecule has 1 atom stereocenters. The third-order valence-corrected chi connectivity index (χ3v) is 3.28. The average molecular weight is 229 g/mol. The van der Waals surface area contributed by atoms with Crippen molar-refractivity contribution in [1.82, 2.24) is 0 Å². The van der Waals surface area contributed by atoms with E-state index in [2.05, 4.69) is 18.7 Å². The van der Waals surface area contributed by atoms with Crippen molar-refractivity contribution in [1.29, 1.82) is 0 Å². The number of rotatable bonds is 4. The van der Waals surface area contributed by atoms with E-state index in [-0.39, 0.29) is 8.58 Å². The van der Waals surface area contributed by atoms with E-state index < -0.39 is 0 Å². The summed E-state index contributed by atoms with van der Waals surface area (Å²) in [6, 6.07) is 20.1. The molecule has 0 aliphatic heterocycles. The summed E-state index contributed by atoms with van der Waals surface area (Å²) in [7, 11) is -0.0302. The average Bonchev–Trinajstić information content (AvgIpc) is 2.31. The van der Waals surface area contributed by atoms with Crippen LogP contribution in [0.3, 0.4) is 0 Å². The van der Waals surface area contributed by atoms with E-state index >= 15 is 0 Å². The first-order valence-corrected chi connectivity index (χ1v) is 6.32. The minimum atomic E-state index is -0.0302. The van der Waals surface area contributed by atoms with E-state index in [1.165, 1.54) is 5.30 Å². The largest absolute Gasteiger partial charge is 0.427 e. The lowest BCUT2D eigenvalue weighted by molar-refractivity contribution is 0.467. The Morgan fingerprint density at radius 2 is 1.44 bits per heavy atom. The lowest BCUT2D eigenvalue weighted by Gasteiger charge is -2.02. The zero-order valence-corrected chi connectivity index (χ0v) is 10.1. The molecule has 2 rings (SSSR count). The van der Waals surface area contributed by atoms with E-state index in [0.717, 1.165) is 11.2 Å². The fourth-order valence-electron chi connectivity index (χ4n) is 1.40. The van der Waals surface area contributed by atoms with Crippen LogP contribution < -0.4 is 10.0 Å². The highest BCUT2D eigenvalue weighted by atomic mass is 31.1.